The Kier molecular flexibility index (Phi) is 11.1. The zero-order chi connectivity index (χ0) is 20.3. The molecule has 1 fully saturated rings. The van der Waals surface area contributed by atoms with Crippen LogP contribution in [0.4, 0.5) is 0 Å². The molecule has 0 radical (unpaired) electrons. The highest BCUT2D eigenvalue weighted by atomic mass is 16.3. The molecule has 0 bridgehead atoms. The first kappa shape index (κ1) is 24.0. The summed E-state index contributed by atoms with van der Waals surface area (Å²) < 4.78 is 0. The molecule has 5 atom stereocenters. The highest BCUT2D eigenvalue weighted by Crippen LogP contribution is 2.33. The topological polar surface area (TPSA) is 98.0 Å². The molecule has 1 saturated carbocycles. The monoisotopic (exact) mass is 382 g/mol. The molecular formula is C22H38O5. The van der Waals surface area contributed by atoms with Crippen LogP contribution in [-0.2, 0) is 4.79 Å². The van der Waals surface area contributed by atoms with Gasteiger partial charge in [0.2, 0.25) is 0 Å². The molecule has 0 spiro atoms. The average molecular weight is 383 g/mol. The molecule has 0 aromatic rings. The number of unbranched alkanes of at least 4 members (excludes halogenated alkanes) is 2. The summed E-state index contributed by atoms with van der Waals surface area (Å²) in [7, 11) is 0. The summed E-state index contributed by atoms with van der Waals surface area (Å²) in [5.74, 6) is -0.313. The second kappa shape index (κ2) is 12.4. The van der Waals surface area contributed by atoms with Crippen LogP contribution in [0.5, 0.6) is 0 Å². The molecule has 5 nitrogen and oxygen atoms in total. The van der Waals surface area contributed by atoms with Crippen molar-refractivity contribution < 1.29 is 25.2 Å². The van der Waals surface area contributed by atoms with E-state index in [1.807, 2.05) is 31.2 Å². The van der Waals surface area contributed by atoms with Crippen molar-refractivity contribution in [1.82, 2.24) is 0 Å². The van der Waals surface area contributed by atoms with E-state index in [1.54, 1.807) is 0 Å². The van der Waals surface area contributed by atoms with Crippen LogP contribution in [0.1, 0.15) is 71.6 Å². The Morgan fingerprint density at radius 3 is 2.67 bits per heavy atom. The van der Waals surface area contributed by atoms with E-state index >= 15 is 0 Å². The van der Waals surface area contributed by atoms with Gasteiger partial charge in [-0.2, -0.15) is 0 Å². The standard InChI is InChI=1S/C22H38O5/c1-3-4-13-22(2,27)14-9-12-19-18(20(25)15-21(19)26)11-8-6-5-7-10-17(24)16-23/h6,8-9,12,17-19,21,23-24,26-27H,3-5,7,10-11,13-16H2,1-2H3/b8-6-,12-9+/t17?,18-,19-,21-,22?/m1/s1. The number of aliphatic hydroxyl groups excluding tert-OH is 3. The van der Waals surface area contributed by atoms with E-state index in [4.69, 9.17) is 5.11 Å². The number of Topliss-reactive ketones (excluding diaryl/α,β-unsaturated/α-hetero) is 1. The normalized spacial score (nSPS) is 26.9. The second-order valence-corrected chi connectivity index (χ2v) is 8.13. The van der Waals surface area contributed by atoms with Crippen molar-refractivity contribution >= 4 is 5.78 Å². The van der Waals surface area contributed by atoms with Gasteiger partial charge >= 0.3 is 0 Å². The number of aliphatic hydroxyl groups is 4. The Hall–Kier alpha value is -1.01. The fraction of sp³-hybridized carbons (Fsp3) is 0.773. The SMILES string of the molecule is CCCCC(C)(O)C/C=C/[C@H]1[C@H](O)CC(=O)[C@@H]1C/C=C\CCCC(O)CO. The molecule has 27 heavy (non-hydrogen) atoms. The van der Waals surface area contributed by atoms with Crippen LogP contribution < -0.4 is 0 Å². The van der Waals surface area contributed by atoms with E-state index in [0.29, 0.717) is 19.3 Å². The van der Waals surface area contributed by atoms with Crippen LogP contribution in [0.25, 0.3) is 0 Å². The smallest absolute Gasteiger partial charge is 0.139 e. The molecule has 2 unspecified atom stereocenters. The number of allylic oxidation sites excluding steroid dienone is 2. The Balaban J connectivity index is 2.49. The van der Waals surface area contributed by atoms with E-state index in [2.05, 4.69) is 6.92 Å². The minimum atomic E-state index is -0.741. The molecule has 0 amide bonds. The molecule has 0 aliphatic heterocycles. The van der Waals surface area contributed by atoms with Crippen molar-refractivity contribution in [3.05, 3.63) is 24.3 Å². The van der Waals surface area contributed by atoms with Gasteiger partial charge in [-0.25, -0.2) is 0 Å². The molecule has 1 rings (SSSR count). The Morgan fingerprint density at radius 2 is 2.00 bits per heavy atom. The fourth-order valence-corrected chi connectivity index (χ4v) is 3.59. The van der Waals surface area contributed by atoms with Crippen molar-refractivity contribution in [2.24, 2.45) is 11.8 Å². The zero-order valence-corrected chi connectivity index (χ0v) is 16.9. The van der Waals surface area contributed by atoms with Gasteiger partial charge in [0.05, 0.1) is 24.4 Å². The lowest BCUT2D eigenvalue weighted by Crippen LogP contribution is -2.23. The first-order valence-electron chi connectivity index (χ1n) is 10.3. The van der Waals surface area contributed by atoms with Crippen LogP contribution >= 0.6 is 0 Å². The molecule has 0 heterocycles. The third-order valence-electron chi connectivity index (χ3n) is 5.39. The third-order valence-corrected chi connectivity index (χ3v) is 5.39. The predicted molar refractivity (Wildman–Crippen MR) is 107 cm³/mol. The lowest BCUT2D eigenvalue weighted by atomic mass is 9.89. The van der Waals surface area contributed by atoms with Gasteiger partial charge in [-0.05, 0) is 45.4 Å². The largest absolute Gasteiger partial charge is 0.394 e. The highest BCUT2D eigenvalue weighted by Gasteiger charge is 2.39. The first-order chi connectivity index (χ1) is 12.8. The lowest BCUT2D eigenvalue weighted by Gasteiger charge is -2.22. The van der Waals surface area contributed by atoms with Crippen molar-refractivity contribution in [2.45, 2.75) is 89.4 Å². The fourth-order valence-electron chi connectivity index (χ4n) is 3.59. The van der Waals surface area contributed by atoms with E-state index in [1.165, 1.54) is 0 Å². The maximum atomic E-state index is 12.2. The number of carbonyl (C=O) groups excluding carboxylic acids is 1. The van der Waals surface area contributed by atoms with Crippen LogP contribution in [-0.4, -0.2) is 50.6 Å². The summed E-state index contributed by atoms with van der Waals surface area (Å²) in [6, 6.07) is 0. The van der Waals surface area contributed by atoms with Gasteiger partial charge < -0.3 is 20.4 Å². The number of rotatable bonds is 13. The molecule has 1 aliphatic rings. The maximum Gasteiger partial charge on any atom is 0.139 e. The molecule has 0 aromatic heterocycles. The predicted octanol–water partition coefficient (Wildman–Crippen LogP) is 2.91. The molecule has 5 heteroatoms. The Bertz CT molecular complexity index is 483. The van der Waals surface area contributed by atoms with Gasteiger partial charge in [-0.15, -0.1) is 0 Å². The van der Waals surface area contributed by atoms with E-state index < -0.39 is 17.8 Å². The van der Waals surface area contributed by atoms with Gasteiger partial charge in [-0.3, -0.25) is 4.79 Å². The summed E-state index contributed by atoms with van der Waals surface area (Å²) >= 11 is 0. The lowest BCUT2D eigenvalue weighted by molar-refractivity contribution is -0.121. The average Bonchev–Trinajstić information content (AvgIpc) is 2.89. The molecule has 156 valence electrons. The summed E-state index contributed by atoms with van der Waals surface area (Å²) in [6.45, 7) is 3.72. The molecule has 1 aliphatic carbocycles. The third kappa shape index (κ3) is 9.15. The van der Waals surface area contributed by atoms with Crippen LogP contribution in [0.2, 0.25) is 0 Å². The van der Waals surface area contributed by atoms with Gasteiger partial charge in [0, 0.05) is 18.3 Å². The number of ketones is 1. The molecule has 0 aromatic carbocycles. The van der Waals surface area contributed by atoms with E-state index in [0.717, 1.165) is 32.1 Å². The summed E-state index contributed by atoms with van der Waals surface area (Å²) in [6.07, 6.45) is 12.7. The van der Waals surface area contributed by atoms with Crippen LogP contribution in [0.15, 0.2) is 24.3 Å². The quantitative estimate of drug-likeness (QED) is 0.290. The summed E-state index contributed by atoms with van der Waals surface area (Å²) in [4.78, 5) is 12.2. The van der Waals surface area contributed by atoms with Gasteiger partial charge in [0.1, 0.15) is 5.78 Å². The minimum Gasteiger partial charge on any atom is -0.394 e. The van der Waals surface area contributed by atoms with Crippen molar-refractivity contribution in [1.29, 1.82) is 0 Å². The van der Waals surface area contributed by atoms with E-state index in [9.17, 15) is 20.1 Å². The van der Waals surface area contributed by atoms with Gasteiger partial charge in [0.15, 0.2) is 0 Å². The van der Waals surface area contributed by atoms with Crippen LogP contribution in [0.3, 0.4) is 0 Å². The van der Waals surface area contributed by atoms with Crippen molar-refractivity contribution in [3.63, 3.8) is 0 Å². The van der Waals surface area contributed by atoms with Gasteiger partial charge in [-0.1, -0.05) is 44.1 Å². The van der Waals surface area contributed by atoms with Gasteiger partial charge in [0.25, 0.3) is 0 Å². The number of hydrogen-bond donors (Lipinski definition) is 4. The molecule has 4 N–H and O–H groups in total. The second-order valence-electron chi connectivity index (χ2n) is 8.13. The first-order valence-corrected chi connectivity index (χ1v) is 10.3. The van der Waals surface area contributed by atoms with Crippen molar-refractivity contribution in [3.8, 4) is 0 Å². The van der Waals surface area contributed by atoms with E-state index in [-0.39, 0.29) is 30.6 Å². The molecular weight excluding hydrogens is 344 g/mol. The van der Waals surface area contributed by atoms with Crippen molar-refractivity contribution in [2.75, 3.05) is 6.61 Å². The maximum absolute atomic E-state index is 12.2. The Labute approximate surface area is 163 Å². The highest BCUT2D eigenvalue weighted by molar-refractivity contribution is 5.84. The zero-order valence-electron chi connectivity index (χ0n) is 16.9. The summed E-state index contributed by atoms with van der Waals surface area (Å²) in [5, 5.41) is 38.7. The minimum absolute atomic E-state index is 0.0928. The Morgan fingerprint density at radius 1 is 1.26 bits per heavy atom. The number of hydrogen-bond acceptors (Lipinski definition) is 5. The van der Waals surface area contributed by atoms with Crippen LogP contribution in [0, 0.1) is 11.8 Å². The molecule has 0 saturated heterocycles. The summed E-state index contributed by atoms with van der Waals surface area (Å²) in [5.41, 5.74) is -0.741. The number of carbonyl (C=O) groups is 1.